The molecule has 122 valence electrons. The number of rotatable bonds is 6. The van der Waals surface area contributed by atoms with Gasteiger partial charge in [0, 0.05) is 16.5 Å². The van der Waals surface area contributed by atoms with Crippen LogP contribution in [-0.2, 0) is 0 Å². The van der Waals surface area contributed by atoms with Crippen LogP contribution < -0.4 is 14.8 Å². The summed E-state index contributed by atoms with van der Waals surface area (Å²) >= 11 is 0.380. The number of para-hydroxylation sites is 1. The zero-order valence-corrected chi connectivity index (χ0v) is 13.3. The van der Waals surface area contributed by atoms with Gasteiger partial charge in [0.1, 0.15) is 11.5 Å². The zero-order chi connectivity index (χ0) is 16.8. The number of benzene rings is 2. The molecule has 0 saturated carbocycles. The second-order valence-corrected chi connectivity index (χ2v) is 5.46. The molecule has 0 atom stereocenters. The summed E-state index contributed by atoms with van der Waals surface area (Å²) in [4.78, 5) is 12.7. The lowest BCUT2D eigenvalue weighted by Crippen LogP contribution is -2.13. The molecule has 0 spiro atoms. The van der Waals surface area contributed by atoms with Crippen LogP contribution in [0.5, 0.6) is 11.5 Å². The van der Waals surface area contributed by atoms with Crippen LogP contribution >= 0.6 is 11.8 Å². The van der Waals surface area contributed by atoms with E-state index in [1.807, 2.05) is 0 Å². The summed E-state index contributed by atoms with van der Waals surface area (Å²) in [5, 5.41) is 2.63. The molecular formula is C16H15F2NO3S. The number of hydrogen-bond acceptors (Lipinski definition) is 4. The minimum absolute atomic E-state index is 0.297. The molecule has 0 aliphatic carbocycles. The number of ether oxygens (including phenoxy) is 2. The highest BCUT2D eigenvalue weighted by Crippen LogP contribution is 2.32. The Labute approximate surface area is 136 Å². The zero-order valence-electron chi connectivity index (χ0n) is 12.5. The predicted molar refractivity (Wildman–Crippen MR) is 85.8 cm³/mol. The summed E-state index contributed by atoms with van der Waals surface area (Å²) in [6, 6.07) is 11.1. The Morgan fingerprint density at radius 3 is 2.26 bits per heavy atom. The van der Waals surface area contributed by atoms with Crippen molar-refractivity contribution in [3.8, 4) is 11.5 Å². The van der Waals surface area contributed by atoms with E-state index in [0.29, 0.717) is 39.4 Å². The first-order valence-electron chi connectivity index (χ1n) is 6.61. The summed E-state index contributed by atoms with van der Waals surface area (Å²) < 4.78 is 35.4. The van der Waals surface area contributed by atoms with Crippen molar-refractivity contribution in [2.45, 2.75) is 10.7 Å². The maximum Gasteiger partial charge on any atom is 0.288 e. The van der Waals surface area contributed by atoms with Gasteiger partial charge in [0.2, 0.25) is 0 Å². The second kappa shape index (κ2) is 7.82. The van der Waals surface area contributed by atoms with Gasteiger partial charge in [0.25, 0.3) is 11.7 Å². The van der Waals surface area contributed by atoms with Crippen LogP contribution in [-0.4, -0.2) is 25.9 Å². The van der Waals surface area contributed by atoms with E-state index < -0.39 is 11.7 Å². The van der Waals surface area contributed by atoms with Crippen molar-refractivity contribution >= 4 is 23.4 Å². The minimum atomic E-state index is -2.56. The van der Waals surface area contributed by atoms with Gasteiger partial charge in [-0.3, -0.25) is 4.79 Å². The quantitative estimate of drug-likeness (QED) is 0.799. The molecule has 0 fully saturated rings. The highest BCUT2D eigenvalue weighted by atomic mass is 32.2. The summed E-state index contributed by atoms with van der Waals surface area (Å²) in [5.74, 6) is -2.08. The van der Waals surface area contributed by atoms with Gasteiger partial charge in [-0.15, -0.1) is 0 Å². The van der Waals surface area contributed by atoms with E-state index in [1.165, 1.54) is 20.3 Å². The van der Waals surface area contributed by atoms with Gasteiger partial charge in [-0.05, 0) is 24.3 Å². The maximum absolute atomic E-state index is 12.6. The molecule has 4 nitrogen and oxygen atoms in total. The van der Waals surface area contributed by atoms with Crippen LogP contribution in [0.1, 0.15) is 10.4 Å². The number of carbonyl (C=O) groups excluding carboxylic acids is 1. The van der Waals surface area contributed by atoms with Gasteiger partial charge in [0.15, 0.2) is 0 Å². The van der Waals surface area contributed by atoms with E-state index in [4.69, 9.17) is 9.47 Å². The standard InChI is InChI=1S/C16H15F2NO3S/c1-21-11-7-10(8-12(9-11)22-2)15(20)19-13-5-3-4-6-14(13)23-16(17)18/h3-9,16H,1-2H3,(H,19,20). The SMILES string of the molecule is COc1cc(OC)cc(C(=O)Nc2ccccc2SC(F)F)c1. The molecule has 2 aromatic carbocycles. The first-order valence-corrected chi connectivity index (χ1v) is 7.49. The van der Waals surface area contributed by atoms with Crippen LogP contribution in [0.3, 0.4) is 0 Å². The number of halogens is 2. The minimum Gasteiger partial charge on any atom is -0.497 e. The molecular weight excluding hydrogens is 324 g/mol. The lowest BCUT2D eigenvalue weighted by molar-refractivity contribution is 0.102. The topological polar surface area (TPSA) is 47.6 Å². The first-order chi connectivity index (χ1) is 11.0. The van der Waals surface area contributed by atoms with E-state index in [1.54, 1.807) is 36.4 Å². The fourth-order valence-corrected chi connectivity index (χ4v) is 2.50. The number of hydrogen-bond donors (Lipinski definition) is 1. The molecule has 0 saturated heterocycles. The molecule has 0 aromatic heterocycles. The molecule has 0 radical (unpaired) electrons. The smallest absolute Gasteiger partial charge is 0.288 e. The van der Waals surface area contributed by atoms with Gasteiger partial charge >= 0.3 is 0 Å². The van der Waals surface area contributed by atoms with E-state index in [9.17, 15) is 13.6 Å². The molecule has 7 heteroatoms. The average Bonchev–Trinajstić information content (AvgIpc) is 2.55. The molecule has 0 bridgehead atoms. The van der Waals surface area contributed by atoms with E-state index in [2.05, 4.69) is 5.32 Å². The normalized spacial score (nSPS) is 10.5. The maximum atomic E-state index is 12.6. The Hall–Kier alpha value is -2.28. The van der Waals surface area contributed by atoms with Crippen molar-refractivity contribution in [1.29, 1.82) is 0 Å². The molecule has 1 N–H and O–H groups in total. The van der Waals surface area contributed by atoms with Gasteiger partial charge in [0.05, 0.1) is 19.9 Å². The Kier molecular flexibility index (Phi) is 5.81. The fourth-order valence-electron chi connectivity index (χ4n) is 1.90. The van der Waals surface area contributed by atoms with Crippen molar-refractivity contribution in [3.63, 3.8) is 0 Å². The molecule has 0 heterocycles. The van der Waals surface area contributed by atoms with Gasteiger partial charge < -0.3 is 14.8 Å². The first kappa shape index (κ1) is 17.1. The van der Waals surface area contributed by atoms with Crippen molar-refractivity contribution in [3.05, 3.63) is 48.0 Å². The van der Waals surface area contributed by atoms with Crippen LogP contribution in [0.25, 0.3) is 0 Å². The number of thioether (sulfide) groups is 1. The number of alkyl halides is 2. The van der Waals surface area contributed by atoms with E-state index in [-0.39, 0.29) is 0 Å². The average molecular weight is 339 g/mol. The van der Waals surface area contributed by atoms with Gasteiger partial charge in [-0.25, -0.2) is 0 Å². The number of methoxy groups -OCH3 is 2. The number of amides is 1. The summed E-state index contributed by atoms with van der Waals surface area (Å²) in [6.45, 7) is 0. The summed E-state index contributed by atoms with van der Waals surface area (Å²) in [7, 11) is 2.95. The lowest BCUT2D eigenvalue weighted by atomic mass is 10.2. The van der Waals surface area contributed by atoms with Crippen LogP contribution in [0.15, 0.2) is 47.4 Å². The lowest BCUT2D eigenvalue weighted by Gasteiger charge is -2.12. The Balaban J connectivity index is 2.26. The van der Waals surface area contributed by atoms with Crippen LogP contribution in [0.4, 0.5) is 14.5 Å². The third kappa shape index (κ3) is 4.59. The second-order valence-electron chi connectivity index (χ2n) is 4.43. The number of carbonyl (C=O) groups is 1. The number of nitrogens with one attached hydrogen (secondary N) is 1. The molecule has 0 unspecified atom stereocenters. The van der Waals surface area contributed by atoms with Crippen LogP contribution in [0, 0.1) is 0 Å². The van der Waals surface area contributed by atoms with Crippen molar-refractivity contribution < 1.29 is 23.0 Å². The Bertz CT molecular complexity index is 673. The molecule has 0 aliphatic rings. The number of anilines is 1. The third-order valence-corrected chi connectivity index (χ3v) is 3.75. The molecule has 0 aliphatic heterocycles. The van der Waals surface area contributed by atoms with E-state index in [0.717, 1.165) is 0 Å². The molecule has 2 aromatic rings. The summed E-state index contributed by atoms with van der Waals surface area (Å²) in [6.07, 6.45) is 0. The Morgan fingerprint density at radius 2 is 1.70 bits per heavy atom. The Morgan fingerprint density at radius 1 is 1.09 bits per heavy atom. The van der Waals surface area contributed by atoms with E-state index >= 15 is 0 Å². The highest BCUT2D eigenvalue weighted by molar-refractivity contribution is 7.99. The van der Waals surface area contributed by atoms with Crippen molar-refractivity contribution in [1.82, 2.24) is 0 Å². The largest absolute Gasteiger partial charge is 0.497 e. The highest BCUT2D eigenvalue weighted by Gasteiger charge is 2.14. The van der Waals surface area contributed by atoms with Crippen molar-refractivity contribution in [2.75, 3.05) is 19.5 Å². The fraction of sp³-hybridized carbons (Fsp3) is 0.188. The van der Waals surface area contributed by atoms with Crippen LogP contribution in [0.2, 0.25) is 0 Å². The van der Waals surface area contributed by atoms with Gasteiger partial charge in [-0.1, -0.05) is 23.9 Å². The molecule has 23 heavy (non-hydrogen) atoms. The van der Waals surface area contributed by atoms with Crippen molar-refractivity contribution in [2.24, 2.45) is 0 Å². The van der Waals surface area contributed by atoms with Gasteiger partial charge in [-0.2, -0.15) is 8.78 Å². The third-order valence-electron chi connectivity index (χ3n) is 2.96. The monoisotopic (exact) mass is 339 g/mol. The summed E-state index contributed by atoms with van der Waals surface area (Å²) in [5.41, 5.74) is 0.627. The molecule has 1 amide bonds. The predicted octanol–water partition coefficient (Wildman–Crippen LogP) is 4.27. The molecule has 2 rings (SSSR count).